The quantitative estimate of drug-likeness (QED) is 0.907. The molecule has 0 aliphatic heterocycles. The van der Waals surface area contributed by atoms with Crippen LogP contribution < -0.4 is 5.32 Å². The summed E-state index contributed by atoms with van der Waals surface area (Å²) in [5, 5.41) is 3.18. The third-order valence-corrected chi connectivity index (χ3v) is 4.39. The highest BCUT2D eigenvalue weighted by Gasteiger charge is 2.19. The summed E-state index contributed by atoms with van der Waals surface area (Å²) < 4.78 is 2.05. The smallest absolute Gasteiger partial charge is 0.240 e. The zero-order valence-electron chi connectivity index (χ0n) is 11.5. The Morgan fingerprint density at radius 1 is 1.21 bits per heavy atom. The predicted molar refractivity (Wildman–Crippen MR) is 73.9 cm³/mol. The molecule has 19 heavy (non-hydrogen) atoms. The molecule has 2 aliphatic rings. The van der Waals surface area contributed by atoms with Crippen LogP contribution in [0.25, 0.3) is 0 Å². The Morgan fingerprint density at radius 3 is 2.84 bits per heavy atom. The van der Waals surface area contributed by atoms with Crippen LogP contribution in [-0.2, 0) is 24.2 Å². The van der Waals surface area contributed by atoms with Crippen molar-refractivity contribution in [3.63, 3.8) is 0 Å². The highest BCUT2D eigenvalue weighted by atomic mass is 16.2. The second-order valence-corrected chi connectivity index (χ2v) is 5.88. The number of hydrogen-bond acceptors (Lipinski definition) is 2. The number of imidazole rings is 1. The normalized spacial score (nSPS) is 20.0. The van der Waals surface area contributed by atoms with Gasteiger partial charge < -0.3 is 9.88 Å². The molecule has 3 rings (SSSR count). The highest BCUT2D eigenvalue weighted by Crippen LogP contribution is 2.20. The Bertz CT molecular complexity index is 446. The molecule has 0 spiro atoms. The van der Waals surface area contributed by atoms with Crippen molar-refractivity contribution >= 4 is 5.91 Å². The number of amides is 1. The first kappa shape index (κ1) is 12.7. The van der Waals surface area contributed by atoms with E-state index in [-0.39, 0.29) is 5.91 Å². The van der Waals surface area contributed by atoms with Crippen molar-refractivity contribution in [1.29, 1.82) is 0 Å². The Morgan fingerprint density at radius 2 is 2.00 bits per heavy atom. The van der Waals surface area contributed by atoms with Gasteiger partial charge in [0.15, 0.2) is 0 Å². The molecule has 1 saturated carbocycles. The third-order valence-electron chi connectivity index (χ3n) is 4.39. The molecule has 0 atom stereocenters. The molecule has 0 bridgehead atoms. The van der Waals surface area contributed by atoms with Gasteiger partial charge in [-0.1, -0.05) is 19.3 Å². The molecule has 2 aliphatic carbocycles. The van der Waals surface area contributed by atoms with E-state index in [0.29, 0.717) is 12.6 Å². The topological polar surface area (TPSA) is 46.9 Å². The molecule has 1 aromatic heterocycles. The maximum Gasteiger partial charge on any atom is 0.240 e. The summed E-state index contributed by atoms with van der Waals surface area (Å²) in [7, 11) is 0. The van der Waals surface area contributed by atoms with Gasteiger partial charge in [0.05, 0.1) is 12.0 Å². The minimum Gasteiger partial charge on any atom is -0.352 e. The Labute approximate surface area is 114 Å². The van der Waals surface area contributed by atoms with Crippen LogP contribution in [0.15, 0.2) is 6.33 Å². The Hall–Kier alpha value is -1.32. The van der Waals surface area contributed by atoms with Crippen molar-refractivity contribution in [1.82, 2.24) is 14.9 Å². The molecule has 4 nitrogen and oxygen atoms in total. The first-order valence-electron chi connectivity index (χ1n) is 7.65. The van der Waals surface area contributed by atoms with Gasteiger partial charge in [0.1, 0.15) is 6.54 Å². The lowest BCUT2D eigenvalue weighted by Gasteiger charge is -2.23. The summed E-state index contributed by atoms with van der Waals surface area (Å²) in [6, 6.07) is 0.403. The van der Waals surface area contributed by atoms with Crippen LogP contribution >= 0.6 is 0 Å². The SMILES string of the molecule is O=C(Cn1cnc2c1CCCC2)NC1CCCCC1. The standard InChI is InChI=1S/C15H23N3O/c19-15(17-12-6-2-1-3-7-12)10-18-11-16-13-8-4-5-9-14(13)18/h11-12H,1-10H2,(H,17,19). The van der Waals surface area contributed by atoms with E-state index in [9.17, 15) is 4.79 Å². The minimum atomic E-state index is 0.151. The van der Waals surface area contributed by atoms with E-state index in [1.54, 1.807) is 0 Å². The first-order chi connectivity index (χ1) is 9.33. The van der Waals surface area contributed by atoms with Crippen LogP contribution in [-0.4, -0.2) is 21.5 Å². The lowest BCUT2D eigenvalue weighted by Crippen LogP contribution is -2.38. The van der Waals surface area contributed by atoms with Gasteiger partial charge >= 0.3 is 0 Å². The largest absolute Gasteiger partial charge is 0.352 e. The second-order valence-electron chi connectivity index (χ2n) is 5.88. The number of fused-ring (bicyclic) bond motifs is 1. The zero-order chi connectivity index (χ0) is 13.1. The fourth-order valence-electron chi connectivity index (χ4n) is 3.34. The summed E-state index contributed by atoms with van der Waals surface area (Å²) >= 11 is 0. The van der Waals surface area contributed by atoms with E-state index in [1.807, 2.05) is 10.9 Å². The molecule has 1 heterocycles. The Kier molecular flexibility index (Phi) is 3.85. The molecule has 1 fully saturated rings. The molecule has 1 amide bonds. The number of nitrogens with one attached hydrogen (secondary N) is 1. The molecule has 0 unspecified atom stereocenters. The predicted octanol–water partition coefficient (Wildman–Crippen LogP) is 2.21. The van der Waals surface area contributed by atoms with Gasteiger partial charge in [0.2, 0.25) is 5.91 Å². The number of carbonyl (C=O) groups is 1. The maximum absolute atomic E-state index is 12.1. The zero-order valence-corrected chi connectivity index (χ0v) is 11.5. The number of hydrogen-bond donors (Lipinski definition) is 1. The molecule has 0 saturated heterocycles. The molecule has 1 N–H and O–H groups in total. The minimum absolute atomic E-state index is 0.151. The van der Waals surface area contributed by atoms with E-state index in [1.165, 1.54) is 43.5 Å². The van der Waals surface area contributed by atoms with Crippen LogP contribution in [0, 0.1) is 0 Å². The molecule has 0 radical (unpaired) electrons. The van der Waals surface area contributed by atoms with Crippen molar-refractivity contribution in [2.24, 2.45) is 0 Å². The maximum atomic E-state index is 12.1. The fourth-order valence-corrected chi connectivity index (χ4v) is 3.34. The van der Waals surface area contributed by atoms with Crippen LogP contribution in [0.1, 0.15) is 56.3 Å². The van der Waals surface area contributed by atoms with Crippen LogP contribution in [0.4, 0.5) is 0 Å². The van der Waals surface area contributed by atoms with Gasteiger partial charge in [0.25, 0.3) is 0 Å². The van der Waals surface area contributed by atoms with Crippen LogP contribution in [0.5, 0.6) is 0 Å². The molecule has 4 heteroatoms. The van der Waals surface area contributed by atoms with E-state index >= 15 is 0 Å². The highest BCUT2D eigenvalue weighted by molar-refractivity contribution is 5.76. The number of rotatable bonds is 3. The van der Waals surface area contributed by atoms with Gasteiger partial charge in [-0.05, 0) is 38.5 Å². The average Bonchev–Trinajstić information content (AvgIpc) is 2.83. The monoisotopic (exact) mass is 261 g/mol. The van der Waals surface area contributed by atoms with Gasteiger partial charge in [-0.2, -0.15) is 0 Å². The van der Waals surface area contributed by atoms with Gasteiger partial charge in [0, 0.05) is 11.7 Å². The van der Waals surface area contributed by atoms with Crippen LogP contribution in [0.3, 0.4) is 0 Å². The molecular weight excluding hydrogens is 238 g/mol. The summed E-state index contributed by atoms with van der Waals surface area (Å²) in [4.78, 5) is 16.5. The average molecular weight is 261 g/mol. The molecule has 104 valence electrons. The van der Waals surface area contributed by atoms with Crippen molar-refractivity contribution < 1.29 is 4.79 Å². The van der Waals surface area contributed by atoms with E-state index in [2.05, 4.69) is 10.3 Å². The number of aromatic nitrogens is 2. The summed E-state index contributed by atoms with van der Waals surface area (Å²) in [5.41, 5.74) is 2.49. The van der Waals surface area contributed by atoms with E-state index in [4.69, 9.17) is 0 Å². The van der Waals surface area contributed by atoms with E-state index in [0.717, 1.165) is 25.7 Å². The lowest BCUT2D eigenvalue weighted by molar-refractivity contribution is -0.122. The summed E-state index contributed by atoms with van der Waals surface area (Å²) in [6.07, 6.45) is 12.6. The molecule has 1 aromatic rings. The van der Waals surface area contributed by atoms with Crippen LogP contribution in [0.2, 0.25) is 0 Å². The third kappa shape index (κ3) is 2.99. The van der Waals surface area contributed by atoms with Crippen molar-refractivity contribution in [2.75, 3.05) is 0 Å². The molecule has 0 aromatic carbocycles. The number of nitrogens with zero attached hydrogens (tertiary/aromatic N) is 2. The second kappa shape index (κ2) is 5.76. The molecular formula is C15H23N3O. The van der Waals surface area contributed by atoms with Gasteiger partial charge in [-0.3, -0.25) is 4.79 Å². The fraction of sp³-hybridized carbons (Fsp3) is 0.733. The van der Waals surface area contributed by atoms with Gasteiger partial charge in [-0.25, -0.2) is 4.98 Å². The number of carbonyl (C=O) groups excluding carboxylic acids is 1. The summed E-state index contributed by atoms with van der Waals surface area (Å²) in [5.74, 6) is 0.151. The lowest BCUT2D eigenvalue weighted by atomic mass is 9.95. The van der Waals surface area contributed by atoms with Gasteiger partial charge in [-0.15, -0.1) is 0 Å². The summed E-state index contributed by atoms with van der Waals surface area (Å²) in [6.45, 7) is 0.443. The van der Waals surface area contributed by atoms with E-state index < -0.39 is 0 Å². The van der Waals surface area contributed by atoms with Crippen molar-refractivity contribution in [2.45, 2.75) is 70.4 Å². The number of aryl methyl sites for hydroxylation is 1. The first-order valence-corrected chi connectivity index (χ1v) is 7.65. The Balaban J connectivity index is 1.58. The van der Waals surface area contributed by atoms with Crippen molar-refractivity contribution in [3.8, 4) is 0 Å². The van der Waals surface area contributed by atoms with Crippen molar-refractivity contribution in [3.05, 3.63) is 17.7 Å².